The van der Waals surface area contributed by atoms with E-state index >= 15 is 0 Å². The second-order valence-electron chi connectivity index (χ2n) is 11.8. The van der Waals surface area contributed by atoms with Gasteiger partial charge >= 0.3 is 5.97 Å². The highest BCUT2D eigenvalue weighted by Crippen LogP contribution is 2.43. The Bertz CT molecular complexity index is 1410. The molecular weight excluding hydrogens is 583 g/mol. The summed E-state index contributed by atoms with van der Waals surface area (Å²) in [5.74, 6) is -2.17. The van der Waals surface area contributed by atoms with Crippen LogP contribution < -0.4 is 11.1 Å². The van der Waals surface area contributed by atoms with Gasteiger partial charge in [0.25, 0.3) is 0 Å². The molecule has 3 aliphatic heterocycles. The SMILES string of the molecule is CCOC(=O)C1=C(CC2CCN3C(O)N(C(C)(C)C)C[C@@H]3[C@H]2C(N)=O)NC(c2nccs2)=N[C@H]1c1cccc(F)c1Cl. The third-order valence-electron chi connectivity index (χ3n) is 8.25. The van der Waals surface area contributed by atoms with Crippen molar-refractivity contribution in [1.29, 1.82) is 0 Å². The van der Waals surface area contributed by atoms with E-state index in [4.69, 9.17) is 27.1 Å². The number of piperidine rings is 1. The van der Waals surface area contributed by atoms with E-state index in [1.165, 1.54) is 23.5 Å². The summed E-state index contributed by atoms with van der Waals surface area (Å²) in [6.45, 7) is 8.89. The number of ether oxygens (including phenoxy) is 1. The molecule has 0 bridgehead atoms. The number of benzene rings is 1. The third-order valence-corrected chi connectivity index (χ3v) is 9.43. The smallest absolute Gasteiger partial charge is 0.338 e. The number of aliphatic hydroxyl groups excluding tert-OH is 1. The van der Waals surface area contributed by atoms with Crippen molar-refractivity contribution >= 4 is 40.6 Å². The molecule has 1 amide bonds. The molecule has 1 aromatic heterocycles. The Balaban J connectivity index is 1.58. The van der Waals surface area contributed by atoms with Crippen LogP contribution in [-0.4, -0.2) is 75.2 Å². The molecule has 226 valence electrons. The molecule has 0 spiro atoms. The number of aliphatic imine (C=N–C) groups is 1. The molecule has 5 atom stereocenters. The lowest BCUT2D eigenvalue weighted by molar-refractivity contribution is -0.139. The zero-order valence-corrected chi connectivity index (χ0v) is 25.6. The number of nitrogens with two attached hydrogens (primary N) is 1. The number of aliphatic hydroxyl groups is 1. The first-order valence-electron chi connectivity index (χ1n) is 14.0. The van der Waals surface area contributed by atoms with Gasteiger partial charge in [-0.05, 0) is 52.5 Å². The quantitative estimate of drug-likeness (QED) is 0.402. The number of carbonyl (C=O) groups is 2. The number of amidine groups is 1. The second kappa shape index (κ2) is 12.0. The maximum Gasteiger partial charge on any atom is 0.338 e. The Morgan fingerprint density at radius 3 is 2.74 bits per heavy atom. The minimum atomic E-state index is -0.973. The molecule has 0 aliphatic carbocycles. The Kier molecular flexibility index (Phi) is 8.73. The van der Waals surface area contributed by atoms with Crippen molar-refractivity contribution in [3.05, 3.63) is 62.5 Å². The number of hydrogen-bond acceptors (Lipinski definition) is 10. The van der Waals surface area contributed by atoms with Crippen LogP contribution in [0.3, 0.4) is 0 Å². The van der Waals surface area contributed by atoms with E-state index in [1.807, 2.05) is 30.6 Å². The molecule has 2 saturated heterocycles. The number of nitrogens with zero attached hydrogens (tertiary/aromatic N) is 4. The van der Waals surface area contributed by atoms with Gasteiger partial charge in [0.05, 0.1) is 23.1 Å². The Morgan fingerprint density at radius 1 is 1.33 bits per heavy atom. The van der Waals surface area contributed by atoms with Crippen LogP contribution in [0.25, 0.3) is 0 Å². The van der Waals surface area contributed by atoms with Crippen LogP contribution in [0.4, 0.5) is 4.39 Å². The average molecular weight is 619 g/mol. The van der Waals surface area contributed by atoms with Gasteiger partial charge in [0.15, 0.2) is 17.2 Å². The van der Waals surface area contributed by atoms with E-state index in [0.29, 0.717) is 41.6 Å². The molecule has 0 saturated carbocycles. The summed E-state index contributed by atoms with van der Waals surface area (Å²) in [4.78, 5) is 39.6. The number of esters is 1. The normalized spacial score (nSPS) is 26.9. The van der Waals surface area contributed by atoms with E-state index in [9.17, 15) is 19.1 Å². The first kappa shape index (κ1) is 30.6. The van der Waals surface area contributed by atoms with Gasteiger partial charge in [-0.15, -0.1) is 11.3 Å². The molecule has 1 aromatic carbocycles. The van der Waals surface area contributed by atoms with Gasteiger partial charge in [0.2, 0.25) is 5.91 Å². The van der Waals surface area contributed by atoms with Crippen molar-refractivity contribution in [2.75, 3.05) is 19.7 Å². The van der Waals surface area contributed by atoms with E-state index in [1.54, 1.807) is 24.6 Å². The van der Waals surface area contributed by atoms with Gasteiger partial charge < -0.3 is 20.9 Å². The van der Waals surface area contributed by atoms with E-state index < -0.39 is 36.0 Å². The predicted octanol–water partition coefficient (Wildman–Crippen LogP) is 3.42. The molecule has 5 rings (SSSR count). The van der Waals surface area contributed by atoms with Gasteiger partial charge in [-0.2, -0.15) is 0 Å². The number of rotatable bonds is 7. The number of allylic oxidation sites excluding steroid dienone is 1. The summed E-state index contributed by atoms with van der Waals surface area (Å²) in [6.07, 6.45) is 1.63. The molecule has 3 aliphatic rings. The van der Waals surface area contributed by atoms with Crippen LogP contribution in [0.15, 0.2) is 46.0 Å². The Hall–Kier alpha value is -2.90. The van der Waals surface area contributed by atoms with Crippen LogP contribution in [0.2, 0.25) is 5.02 Å². The number of hydrogen-bond donors (Lipinski definition) is 3. The summed E-state index contributed by atoms with van der Waals surface area (Å²) in [7, 11) is 0. The highest BCUT2D eigenvalue weighted by Gasteiger charge is 2.52. The van der Waals surface area contributed by atoms with Gasteiger partial charge in [-0.1, -0.05) is 23.7 Å². The fourth-order valence-electron chi connectivity index (χ4n) is 6.31. The van der Waals surface area contributed by atoms with Crippen LogP contribution in [-0.2, 0) is 14.3 Å². The fraction of sp³-hybridized carbons (Fsp3) is 0.517. The predicted molar refractivity (Wildman–Crippen MR) is 158 cm³/mol. The van der Waals surface area contributed by atoms with E-state index in [-0.39, 0.29) is 41.1 Å². The molecule has 10 nitrogen and oxygen atoms in total. The first-order chi connectivity index (χ1) is 19.9. The van der Waals surface area contributed by atoms with Crippen LogP contribution in [0, 0.1) is 17.7 Å². The first-order valence-corrected chi connectivity index (χ1v) is 15.3. The van der Waals surface area contributed by atoms with Crippen molar-refractivity contribution < 1.29 is 23.8 Å². The standard InChI is InChI=1S/C29H36ClFN6O4S/c1-5-41-27(39)21-18(13-15-9-11-36-19(20(15)24(32)38)14-37(28(36)40)29(2,3)4)34-25(26-33-10-12-42-26)35-23(21)16-7-6-8-17(31)22(16)30/h6-8,10,12,15,19-20,23,28,40H,5,9,11,13-14H2,1-4H3,(H2,32,38)(H,34,35)/t15?,19-,20+,23+,28?/m1/s1. The van der Waals surface area contributed by atoms with Crippen LogP contribution >= 0.6 is 22.9 Å². The molecule has 42 heavy (non-hydrogen) atoms. The summed E-state index contributed by atoms with van der Waals surface area (Å²) in [6, 6.07) is 3.12. The highest BCUT2D eigenvalue weighted by atomic mass is 35.5. The monoisotopic (exact) mass is 618 g/mol. The number of halogens is 2. The zero-order valence-electron chi connectivity index (χ0n) is 24.0. The summed E-state index contributed by atoms with van der Waals surface area (Å²) >= 11 is 7.79. The molecule has 2 fully saturated rings. The number of amides is 1. The summed E-state index contributed by atoms with van der Waals surface area (Å²) in [5, 5.41) is 16.6. The number of carbonyl (C=O) groups excluding carboxylic acids is 2. The van der Waals surface area contributed by atoms with Crippen molar-refractivity contribution in [2.45, 2.75) is 64.5 Å². The number of primary amides is 1. The lowest BCUT2D eigenvalue weighted by atomic mass is 9.76. The van der Waals surface area contributed by atoms with E-state index in [0.717, 1.165) is 0 Å². The van der Waals surface area contributed by atoms with E-state index in [2.05, 4.69) is 10.3 Å². The molecular formula is C29H36ClFN6O4S. The lowest BCUT2D eigenvalue weighted by Crippen LogP contribution is -2.54. The average Bonchev–Trinajstić information content (AvgIpc) is 3.58. The summed E-state index contributed by atoms with van der Waals surface area (Å²) in [5.41, 5.74) is 6.71. The largest absolute Gasteiger partial charge is 0.463 e. The molecule has 2 unspecified atom stereocenters. The number of thiazole rings is 1. The van der Waals surface area contributed by atoms with Crippen LogP contribution in [0.1, 0.15) is 57.1 Å². The lowest BCUT2D eigenvalue weighted by Gasteiger charge is -2.42. The third kappa shape index (κ3) is 5.70. The van der Waals surface area contributed by atoms with Crippen molar-refractivity contribution in [3.8, 4) is 0 Å². The maximum atomic E-state index is 14.6. The van der Waals surface area contributed by atoms with Gasteiger partial charge in [0, 0.05) is 47.5 Å². The Morgan fingerprint density at radius 2 is 2.10 bits per heavy atom. The molecule has 4 N–H and O–H groups in total. The van der Waals surface area contributed by atoms with Crippen molar-refractivity contribution in [3.63, 3.8) is 0 Å². The van der Waals surface area contributed by atoms with Gasteiger partial charge in [-0.25, -0.2) is 14.2 Å². The van der Waals surface area contributed by atoms with Gasteiger partial charge in [0.1, 0.15) is 11.9 Å². The molecule has 13 heteroatoms. The topological polar surface area (TPSA) is 133 Å². The highest BCUT2D eigenvalue weighted by molar-refractivity contribution is 7.11. The van der Waals surface area contributed by atoms with Crippen molar-refractivity contribution in [2.24, 2.45) is 22.6 Å². The number of fused-ring (bicyclic) bond motifs is 1. The minimum absolute atomic E-state index is 0.118. The minimum Gasteiger partial charge on any atom is -0.463 e. The maximum absolute atomic E-state index is 14.6. The zero-order chi connectivity index (χ0) is 30.3. The molecule has 2 aromatic rings. The fourth-order valence-corrected chi connectivity index (χ4v) is 7.12. The number of aromatic nitrogens is 1. The second-order valence-corrected chi connectivity index (χ2v) is 13.0. The molecule has 4 heterocycles. The van der Waals surface area contributed by atoms with Crippen molar-refractivity contribution in [1.82, 2.24) is 20.1 Å². The number of nitrogens with one attached hydrogen (secondary N) is 1. The Labute approximate surface area is 253 Å². The van der Waals surface area contributed by atoms with Crippen LogP contribution in [0.5, 0.6) is 0 Å². The summed E-state index contributed by atoms with van der Waals surface area (Å²) < 4.78 is 20.1. The molecule has 0 radical (unpaired) electrons. The van der Waals surface area contributed by atoms with Gasteiger partial charge in [-0.3, -0.25) is 19.6 Å².